The second-order valence-electron chi connectivity index (χ2n) is 6.97. The van der Waals surface area contributed by atoms with Gasteiger partial charge < -0.3 is 14.2 Å². The quantitative estimate of drug-likeness (QED) is 0.546. The standard InChI is InChI=1S/C22H26O4/c1-22(2,3)21-16(13-18(25-5)14-20(21)26-6)9-12-19(23)15-7-10-17(24-4)11-8-15/h7-14H,1-6H3/b12-9+. The molecule has 0 atom stereocenters. The van der Waals surface area contributed by atoms with Gasteiger partial charge in [-0.05, 0) is 47.4 Å². The number of methoxy groups -OCH3 is 3. The minimum absolute atomic E-state index is 0.0747. The van der Waals surface area contributed by atoms with Gasteiger partial charge in [-0.2, -0.15) is 0 Å². The minimum Gasteiger partial charge on any atom is -0.497 e. The fourth-order valence-corrected chi connectivity index (χ4v) is 2.84. The third-order valence-corrected chi connectivity index (χ3v) is 4.10. The van der Waals surface area contributed by atoms with Gasteiger partial charge in [-0.3, -0.25) is 4.79 Å². The summed E-state index contributed by atoms with van der Waals surface area (Å²) < 4.78 is 16.1. The second-order valence-corrected chi connectivity index (χ2v) is 6.97. The number of ether oxygens (including phenoxy) is 3. The number of benzene rings is 2. The summed E-state index contributed by atoms with van der Waals surface area (Å²) in [4.78, 5) is 12.5. The zero-order chi connectivity index (χ0) is 19.3. The number of rotatable bonds is 6. The Kier molecular flexibility index (Phi) is 6.09. The third kappa shape index (κ3) is 4.45. The van der Waals surface area contributed by atoms with Gasteiger partial charge in [0.15, 0.2) is 5.78 Å². The molecule has 0 spiro atoms. The van der Waals surface area contributed by atoms with E-state index in [0.29, 0.717) is 11.3 Å². The molecular formula is C22H26O4. The van der Waals surface area contributed by atoms with Crippen LogP contribution in [0.5, 0.6) is 17.2 Å². The highest BCUT2D eigenvalue weighted by Gasteiger charge is 2.23. The zero-order valence-corrected chi connectivity index (χ0v) is 16.3. The monoisotopic (exact) mass is 354 g/mol. The highest BCUT2D eigenvalue weighted by molar-refractivity contribution is 6.07. The van der Waals surface area contributed by atoms with Crippen molar-refractivity contribution in [2.24, 2.45) is 0 Å². The van der Waals surface area contributed by atoms with Crippen molar-refractivity contribution in [3.05, 3.63) is 59.2 Å². The van der Waals surface area contributed by atoms with Crippen LogP contribution < -0.4 is 14.2 Å². The summed E-state index contributed by atoms with van der Waals surface area (Å²) in [7, 11) is 4.85. The lowest BCUT2D eigenvalue weighted by atomic mass is 9.82. The Morgan fingerprint density at radius 1 is 0.885 bits per heavy atom. The van der Waals surface area contributed by atoms with E-state index in [2.05, 4.69) is 20.8 Å². The predicted octanol–water partition coefficient (Wildman–Crippen LogP) is 4.91. The van der Waals surface area contributed by atoms with Gasteiger partial charge in [-0.1, -0.05) is 26.8 Å². The predicted molar refractivity (Wildman–Crippen MR) is 105 cm³/mol. The maximum absolute atomic E-state index is 12.5. The minimum atomic E-state index is -0.152. The molecule has 0 aliphatic rings. The highest BCUT2D eigenvalue weighted by Crippen LogP contribution is 2.38. The van der Waals surface area contributed by atoms with Gasteiger partial charge in [0.1, 0.15) is 17.2 Å². The Morgan fingerprint density at radius 2 is 1.50 bits per heavy atom. The number of carbonyl (C=O) groups excluding carboxylic acids is 1. The van der Waals surface area contributed by atoms with Gasteiger partial charge in [0, 0.05) is 17.2 Å². The molecule has 0 radical (unpaired) electrons. The lowest BCUT2D eigenvalue weighted by Gasteiger charge is -2.25. The first-order chi connectivity index (χ1) is 12.3. The number of hydrogen-bond acceptors (Lipinski definition) is 4. The molecule has 26 heavy (non-hydrogen) atoms. The molecule has 0 amide bonds. The average molecular weight is 354 g/mol. The number of hydrogen-bond donors (Lipinski definition) is 0. The molecule has 4 heteroatoms. The summed E-state index contributed by atoms with van der Waals surface area (Å²) in [5, 5.41) is 0. The molecule has 0 N–H and O–H groups in total. The van der Waals surface area contributed by atoms with E-state index in [9.17, 15) is 4.79 Å². The van der Waals surface area contributed by atoms with Crippen LogP contribution in [0.25, 0.3) is 6.08 Å². The molecule has 0 saturated heterocycles. The smallest absolute Gasteiger partial charge is 0.185 e. The van der Waals surface area contributed by atoms with Crippen molar-refractivity contribution in [2.45, 2.75) is 26.2 Å². The summed E-state index contributed by atoms with van der Waals surface area (Å²) in [5.74, 6) is 2.08. The molecule has 2 aromatic carbocycles. The first kappa shape index (κ1) is 19.6. The number of allylic oxidation sites excluding steroid dienone is 1. The molecule has 4 nitrogen and oxygen atoms in total. The van der Waals surface area contributed by atoms with Gasteiger partial charge in [0.25, 0.3) is 0 Å². The second kappa shape index (κ2) is 8.09. The summed E-state index contributed by atoms with van der Waals surface area (Å²) in [6.07, 6.45) is 3.39. The van der Waals surface area contributed by atoms with Crippen LogP contribution in [0.15, 0.2) is 42.5 Å². The Labute approximate surface area is 155 Å². The molecule has 0 aromatic heterocycles. The van der Waals surface area contributed by atoms with E-state index in [1.54, 1.807) is 51.7 Å². The number of ketones is 1. The first-order valence-electron chi connectivity index (χ1n) is 8.43. The molecule has 0 aliphatic heterocycles. The lowest BCUT2D eigenvalue weighted by molar-refractivity contribution is 0.104. The van der Waals surface area contributed by atoms with Gasteiger partial charge in [0.2, 0.25) is 0 Å². The highest BCUT2D eigenvalue weighted by atomic mass is 16.5. The van der Waals surface area contributed by atoms with E-state index in [4.69, 9.17) is 14.2 Å². The SMILES string of the molecule is COc1ccc(C(=O)/C=C/c2cc(OC)cc(OC)c2C(C)(C)C)cc1. The molecule has 0 bridgehead atoms. The Morgan fingerprint density at radius 3 is 2.00 bits per heavy atom. The van der Waals surface area contributed by atoms with Crippen molar-refractivity contribution in [3.63, 3.8) is 0 Å². The first-order valence-corrected chi connectivity index (χ1v) is 8.43. The molecule has 2 aromatic rings. The van der Waals surface area contributed by atoms with E-state index in [-0.39, 0.29) is 11.2 Å². The lowest BCUT2D eigenvalue weighted by Crippen LogP contribution is -2.15. The average Bonchev–Trinajstić information content (AvgIpc) is 2.64. The molecule has 0 saturated carbocycles. The van der Waals surface area contributed by atoms with Gasteiger partial charge >= 0.3 is 0 Å². The Balaban J connectivity index is 2.42. The maximum Gasteiger partial charge on any atom is 0.185 e. The van der Waals surface area contributed by atoms with Crippen LogP contribution in [-0.4, -0.2) is 27.1 Å². The topological polar surface area (TPSA) is 44.8 Å². The molecule has 0 fully saturated rings. The van der Waals surface area contributed by atoms with Crippen molar-refractivity contribution in [1.82, 2.24) is 0 Å². The summed E-state index contributed by atoms with van der Waals surface area (Å²) in [6, 6.07) is 10.8. The van der Waals surface area contributed by atoms with Crippen LogP contribution in [-0.2, 0) is 5.41 Å². The summed E-state index contributed by atoms with van der Waals surface area (Å²) in [6.45, 7) is 6.33. The van der Waals surface area contributed by atoms with Crippen molar-refractivity contribution in [1.29, 1.82) is 0 Å². The van der Waals surface area contributed by atoms with E-state index in [1.807, 2.05) is 18.2 Å². The van der Waals surface area contributed by atoms with Crippen molar-refractivity contribution in [3.8, 4) is 17.2 Å². The van der Waals surface area contributed by atoms with Gasteiger partial charge in [-0.25, -0.2) is 0 Å². The van der Waals surface area contributed by atoms with Gasteiger partial charge in [-0.15, -0.1) is 0 Å². The van der Waals surface area contributed by atoms with Crippen molar-refractivity contribution < 1.29 is 19.0 Å². The fourth-order valence-electron chi connectivity index (χ4n) is 2.84. The normalized spacial score (nSPS) is 11.5. The molecule has 0 aliphatic carbocycles. The summed E-state index contributed by atoms with van der Waals surface area (Å²) >= 11 is 0. The zero-order valence-electron chi connectivity index (χ0n) is 16.3. The van der Waals surface area contributed by atoms with Crippen LogP contribution in [0.4, 0.5) is 0 Å². The van der Waals surface area contributed by atoms with Crippen LogP contribution in [0.2, 0.25) is 0 Å². The van der Waals surface area contributed by atoms with Crippen LogP contribution in [0.3, 0.4) is 0 Å². The van der Waals surface area contributed by atoms with Crippen molar-refractivity contribution in [2.75, 3.05) is 21.3 Å². The van der Waals surface area contributed by atoms with Crippen LogP contribution in [0.1, 0.15) is 42.3 Å². The Hall–Kier alpha value is -2.75. The molecule has 0 heterocycles. The maximum atomic E-state index is 12.5. The van der Waals surface area contributed by atoms with Crippen molar-refractivity contribution >= 4 is 11.9 Å². The molecule has 2 rings (SSSR count). The molecular weight excluding hydrogens is 328 g/mol. The fraction of sp³-hybridized carbons (Fsp3) is 0.318. The molecule has 0 unspecified atom stereocenters. The largest absolute Gasteiger partial charge is 0.497 e. The molecule has 138 valence electrons. The third-order valence-electron chi connectivity index (χ3n) is 4.10. The van der Waals surface area contributed by atoms with Crippen LogP contribution >= 0.6 is 0 Å². The van der Waals surface area contributed by atoms with E-state index < -0.39 is 0 Å². The summed E-state index contributed by atoms with van der Waals surface area (Å²) in [5.41, 5.74) is 2.38. The Bertz CT molecular complexity index is 796. The van der Waals surface area contributed by atoms with E-state index >= 15 is 0 Å². The van der Waals surface area contributed by atoms with Gasteiger partial charge in [0.05, 0.1) is 21.3 Å². The van der Waals surface area contributed by atoms with E-state index in [1.165, 1.54) is 0 Å². The van der Waals surface area contributed by atoms with Crippen LogP contribution in [0, 0.1) is 0 Å². The van der Waals surface area contributed by atoms with E-state index in [0.717, 1.165) is 22.6 Å². The number of carbonyl (C=O) groups is 1.